The van der Waals surface area contributed by atoms with Gasteiger partial charge in [0.1, 0.15) is 11.9 Å². The van der Waals surface area contributed by atoms with Crippen LogP contribution in [0.5, 0.6) is 0 Å². The molecule has 1 amide bonds. The number of nitrogens with zero attached hydrogens (tertiary/aromatic N) is 1. The van der Waals surface area contributed by atoms with Crippen molar-refractivity contribution in [3.8, 4) is 22.4 Å². The van der Waals surface area contributed by atoms with Crippen LogP contribution in [0.15, 0.2) is 79.5 Å². The predicted molar refractivity (Wildman–Crippen MR) is 162 cm³/mol. The van der Waals surface area contributed by atoms with Crippen LogP contribution in [-0.2, 0) is 20.9 Å². The molecule has 5 nitrogen and oxygen atoms in total. The first-order valence-corrected chi connectivity index (χ1v) is 13.8. The van der Waals surface area contributed by atoms with Gasteiger partial charge in [0.15, 0.2) is 0 Å². The van der Waals surface area contributed by atoms with Crippen molar-refractivity contribution >= 4 is 12.4 Å². The Kier molecular flexibility index (Phi) is 13.1. The number of allylic oxidation sites excluding steroid dienone is 2. The monoisotopic (exact) mass is 546 g/mol. The number of carbonyl (C=O) groups excluding carboxylic acids is 2. The van der Waals surface area contributed by atoms with Crippen molar-refractivity contribution in [3.05, 3.63) is 96.6 Å². The Hall–Kier alpha value is -3.93. The molecule has 1 N–H and O–H groups in total. The summed E-state index contributed by atoms with van der Waals surface area (Å²) in [5, 5.41) is 2.33. The standard InChI is InChI=1S/C27H30FNO2.C4H7NO.C3H6/c1-18(2)26-19(3)25(20-8-5-4-6-9-20)27(21-12-14-22(28)15-13-21)29(26)17-16-23-10-7-11-24(30)31-23;1-4(2)5-3-6;1-3-2/h4-6,8-9,12-15,18,23H,7,10-11,16-17H2,1-3H3;3H,1H2,2H3,(H,5,6);3H,1H2,2H3/t23-;;/m0../s1. The summed E-state index contributed by atoms with van der Waals surface area (Å²) in [6.07, 6.45) is 5.43. The summed E-state index contributed by atoms with van der Waals surface area (Å²) >= 11 is 0. The highest BCUT2D eigenvalue weighted by Crippen LogP contribution is 2.41. The van der Waals surface area contributed by atoms with Gasteiger partial charge in [-0.1, -0.05) is 56.8 Å². The molecular formula is C34H43FN2O3. The quantitative estimate of drug-likeness (QED) is 0.175. The number of aromatic nitrogens is 1. The van der Waals surface area contributed by atoms with Crippen LogP contribution in [-0.4, -0.2) is 23.1 Å². The minimum Gasteiger partial charge on any atom is -0.462 e. The minimum absolute atomic E-state index is 0.0368. The van der Waals surface area contributed by atoms with E-state index in [4.69, 9.17) is 4.74 Å². The van der Waals surface area contributed by atoms with Crippen molar-refractivity contribution in [1.29, 1.82) is 0 Å². The van der Waals surface area contributed by atoms with Gasteiger partial charge in [-0.15, -0.1) is 6.58 Å². The lowest BCUT2D eigenvalue weighted by Gasteiger charge is -2.24. The zero-order chi connectivity index (χ0) is 29.7. The molecule has 0 aliphatic carbocycles. The van der Waals surface area contributed by atoms with Crippen LogP contribution in [0, 0.1) is 12.7 Å². The van der Waals surface area contributed by atoms with Gasteiger partial charge in [0.05, 0.1) is 5.69 Å². The Bertz CT molecular complexity index is 1260. The van der Waals surface area contributed by atoms with E-state index < -0.39 is 0 Å². The third-order valence-electron chi connectivity index (χ3n) is 6.47. The number of rotatable bonds is 8. The van der Waals surface area contributed by atoms with E-state index in [1.54, 1.807) is 13.0 Å². The molecule has 1 saturated heterocycles. The van der Waals surface area contributed by atoms with E-state index in [0.717, 1.165) is 42.6 Å². The van der Waals surface area contributed by atoms with Crippen molar-refractivity contribution in [3.63, 3.8) is 0 Å². The lowest BCUT2D eigenvalue weighted by Crippen LogP contribution is -2.25. The van der Waals surface area contributed by atoms with E-state index in [2.05, 4.69) is 68.1 Å². The summed E-state index contributed by atoms with van der Waals surface area (Å²) in [7, 11) is 0. The number of benzene rings is 2. The van der Waals surface area contributed by atoms with Gasteiger partial charge in [0.2, 0.25) is 6.41 Å². The van der Waals surface area contributed by atoms with E-state index in [1.165, 1.54) is 29.0 Å². The molecule has 3 aromatic rings. The maximum atomic E-state index is 13.7. The maximum Gasteiger partial charge on any atom is 0.306 e. The summed E-state index contributed by atoms with van der Waals surface area (Å²) in [6, 6.07) is 17.2. The normalized spacial score (nSPS) is 14.2. The Morgan fingerprint density at radius 2 is 1.77 bits per heavy atom. The van der Waals surface area contributed by atoms with Crippen molar-refractivity contribution < 1.29 is 18.7 Å². The third-order valence-corrected chi connectivity index (χ3v) is 6.47. The van der Waals surface area contributed by atoms with E-state index in [1.807, 2.05) is 25.1 Å². The molecule has 0 bridgehead atoms. The lowest BCUT2D eigenvalue weighted by atomic mass is 9.96. The molecule has 1 fully saturated rings. The highest BCUT2D eigenvalue weighted by atomic mass is 19.1. The maximum absolute atomic E-state index is 13.7. The highest BCUT2D eigenvalue weighted by Gasteiger charge is 2.26. The zero-order valence-corrected chi connectivity index (χ0v) is 24.5. The Balaban J connectivity index is 0.000000544. The lowest BCUT2D eigenvalue weighted by molar-refractivity contribution is -0.154. The van der Waals surface area contributed by atoms with Crippen LogP contribution in [0.3, 0.4) is 0 Å². The number of halogens is 1. The Morgan fingerprint density at radius 3 is 2.27 bits per heavy atom. The number of ether oxygens (including phenoxy) is 1. The van der Waals surface area contributed by atoms with Crippen LogP contribution in [0.25, 0.3) is 22.4 Å². The average molecular weight is 547 g/mol. The average Bonchev–Trinajstić information content (AvgIpc) is 3.21. The Morgan fingerprint density at radius 1 is 1.15 bits per heavy atom. The molecule has 40 heavy (non-hydrogen) atoms. The van der Waals surface area contributed by atoms with Crippen molar-refractivity contribution in [1.82, 2.24) is 9.88 Å². The van der Waals surface area contributed by atoms with Crippen molar-refractivity contribution in [2.24, 2.45) is 0 Å². The second-order valence-electron chi connectivity index (χ2n) is 10.2. The number of nitrogens with one attached hydrogen (secondary N) is 1. The molecule has 0 spiro atoms. The molecule has 1 aliphatic heterocycles. The number of amides is 1. The number of carbonyl (C=O) groups is 2. The van der Waals surface area contributed by atoms with Crippen molar-refractivity contribution in [2.45, 2.75) is 78.9 Å². The van der Waals surface area contributed by atoms with Crippen LogP contribution in [0.2, 0.25) is 0 Å². The molecule has 6 heteroatoms. The summed E-state index contributed by atoms with van der Waals surface area (Å²) in [5.74, 6) is -0.00337. The molecule has 2 heterocycles. The fraction of sp³-hybridized carbons (Fsp3) is 0.353. The van der Waals surface area contributed by atoms with Crippen LogP contribution >= 0.6 is 0 Å². The summed E-state index contributed by atoms with van der Waals surface area (Å²) in [6.45, 7) is 17.7. The summed E-state index contributed by atoms with van der Waals surface area (Å²) in [5.41, 5.74) is 7.65. The molecule has 0 saturated carbocycles. The zero-order valence-electron chi connectivity index (χ0n) is 24.5. The number of esters is 1. The molecule has 1 aromatic heterocycles. The SMILES string of the molecule is C=C(C)NC=O.C=CC.Cc1c(-c2ccccc2)c(-c2ccc(F)cc2)n(CC[C@@H]2CCCC(=O)O2)c1C(C)C. The molecule has 0 radical (unpaired) electrons. The summed E-state index contributed by atoms with van der Waals surface area (Å²) in [4.78, 5) is 21.2. The second kappa shape index (κ2) is 16.2. The van der Waals surface area contributed by atoms with E-state index in [-0.39, 0.29) is 17.9 Å². The van der Waals surface area contributed by atoms with Gasteiger partial charge in [0, 0.05) is 36.3 Å². The smallest absolute Gasteiger partial charge is 0.306 e. The number of hydrogen-bond acceptors (Lipinski definition) is 3. The van der Waals surface area contributed by atoms with Gasteiger partial charge in [-0.05, 0) is 80.5 Å². The fourth-order valence-corrected chi connectivity index (χ4v) is 4.96. The first-order valence-electron chi connectivity index (χ1n) is 13.8. The molecule has 214 valence electrons. The fourth-order valence-electron chi connectivity index (χ4n) is 4.96. The second-order valence-corrected chi connectivity index (χ2v) is 10.2. The van der Waals surface area contributed by atoms with Gasteiger partial charge in [-0.3, -0.25) is 9.59 Å². The number of cyclic esters (lactones) is 1. The van der Waals surface area contributed by atoms with Crippen LogP contribution in [0.4, 0.5) is 4.39 Å². The third kappa shape index (κ3) is 9.08. The van der Waals surface area contributed by atoms with Gasteiger partial charge >= 0.3 is 5.97 Å². The molecule has 1 aliphatic rings. The molecule has 2 aromatic carbocycles. The summed E-state index contributed by atoms with van der Waals surface area (Å²) < 4.78 is 21.7. The largest absolute Gasteiger partial charge is 0.462 e. The van der Waals surface area contributed by atoms with Crippen LogP contribution in [0.1, 0.15) is 70.6 Å². The predicted octanol–water partition coefficient (Wildman–Crippen LogP) is 8.34. The topological polar surface area (TPSA) is 60.3 Å². The Labute approximate surface area is 238 Å². The molecular weight excluding hydrogens is 503 g/mol. The first kappa shape index (κ1) is 32.3. The molecule has 0 unspecified atom stereocenters. The van der Waals surface area contributed by atoms with Gasteiger partial charge in [0.25, 0.3) is 0 Å². The van der Waals surface area contributed by atoms with Gasteiger partial charge < -0.3 is 14.6 Å². The number of hydrogen-bond donors (Lipinski definition) is 1. The van der Waals surface area contributed by atoms with E-state index in [9.17, 15) is 14.0 Å². The van der Waals surface area contributed by atoms with Crippen molar-refractivity contribution in [2.75, 3.05) is 0 Å². The molecule has 4 rings (SSSR count). The highest BCUT2D eigenvalue weighted by molar-refractivity contribution is 5.85. The van der Waals surface area contributed by atoms with Gasteiger partial charge in [-0.2, -0.15) is 0 Å². The van der Waals surface area contributed by atoms with Crippen LogP contribution < -0.4 is 5.32 Å². The van der Waals surface area contributed by atoms with Gasteiger partial charge in [-0.25, -0.2) is 4.39 Å². The molecule has 1 atom stereocenters. The first-order chi connectivity index (χ1) is 19.1. The van der Waals surface area contributed by atoms with E-state index >= 15 is 0 Å². The van der Waals surface area contributed by atoms with E-state index in [0.29, 0.717) is 24.4 Å². The minimum atomic E-state index is -0.238.